The normalized spacial score (nSPS) is 11.9. The molecule has 0 bridgehead atoms. The number of hydrogen-bond donors (Lipinski definition) is 4. The molecule has 4 heteroatoms. The van der Waals surface area contributed by atoms with E-state index in [2.05, 4.69) is 121 Å². The smallest absolute Gasteiger partial charge is 0.123 e. The third kappa shape index (κ3) is 7.49. The molecule has 244 valence electrons. The van der Waals surface area contributed by atoms with E-state index < -0.39 is 5.92 Å². The quantitative estimate of drug-likeness (QED) is 0.123. The van der Waals surface area contributed by atoms with E-state index in [0.29, 0.717) is 0 Å². The van der Waals surface area contributed by atoms with Crippen molar-refractivity contribution in [2.75, 3.05) is 10.6 Å². The Morgan fingerprint density at radius 3 is 1.38 bits per heavy atom. The molecule has 0 aliphatic rings. The van der Waals surface area contributed by atoms with Gasteiger partial charge in [-0.15, -0.1) is 0 Å². The van der Waals surface area contributed by atoms with Crippen LogP contribution >= 0.6 is 0 Å². The first kappa shape index (κ1) is 33.7. The number of nitrogens with one attached hydrogen (secondary N) is 2. The van der Waals surface area contributed by atoms with E-state index in [1.165, 1.54) is 0 Å². The number of para-hydroxylation sites is 2. The van der Waals surface area contributed by atoms with Crippen molar-refractivity contribution in [3.63, 3.8) is 0 Å². The minimum absolute atomic E-state index is 0.269. The highest BCUT2D eigenvalue weighted by Gasteiger charge is 2.32. The minimum atomic E-state index is -0.487. The zero-order chi connectivity index (χ0) is 33.9. The van der Waals surface area contributed by atoms with Gasteiger partial charge in [-0.3, -0.25) is 0 Å². The maximum atomic E-state index is 12.3. The molecule has 4 N–H and O–H groups in total. The summed E-state index contributed by atoms with van der Waals surface area (Å²) in [6.45, 7) is 17.1. The molecule has 0 unspecified atom stereocenters. The van der Waals surface area contributed by atoms with Gasteiger partial charge in [0.2, 0.25) is 0 Å². The van der Waals surface area contributed by atoms with E-state index in [9.17, 15) is 10.2 Å². The molecule has 5 aromatic carbocycles. The van der Waals surface area contributed by atoms with Crippen LogP contribution in [0.2, 0.25) is 0 Å². The van der Waals surface area contributed by atoms with Gasteiger partial charge in [0.15, 0.2) is 0 Å². The fourth-order valence-corrected chi connectivity index (χ4v) is 6.29. The summed E-state index contributed by atoms with van der Waals surface area (Å²) in [6, 6.07) is 35.1. The molecule has 0 aliphatic carbocycles. The molecule has 0 amide bonds. The Kier molecular flexibility index (Phi) is 9.72. The van der Waals surface area contributed by atoms with Gasteiger partial charge < -0.3 is 20.8 Å². The Bertz CT molecular complexity index is 1760. The van der Waals surface area contributed by atoms with E-state index in [0.717, 1.165) is 74.5 Å². The molecule has 0 saturated heterocycles. The van der Waals surface area contributed by atoms with Gasteiger partial charge >= 0.3 is 0 Å². The molecule has 0 saturated carbocycles. The Hall–Kier alpha value is -4.70. The molecule has 0 heterocycles. The lowest BCUT2D eigenvalue weighted by Gasteiger charge is -2.31. The first-order chi connectivity index (χ1) is 22.3. The molecule has 5 aromatic rings. The van der Waals surface area contributed by atoms with Crippen molar-refractivity contribution in [1.82, 2.24) is 0 Å². The van der Waals surface area contributed by atoms with Crippen LogP contribution in [0.15, 0.2) is 103 Å². The number of aromatic hydroxyl groups is 2. The van der Waals surface area contributed by atoms with Gasteiger partial charge in [-0.1, -0.05) is 116 Å². The SMILES string of the molecule is CCc1cc(C(c2cc(Nc3ccccc3)ccc2Nc2ccccc2)c2cc(CC)cc(C(C)(C)C)c2O)c(O)c(C(C)(C)C)c1. The van der Waals surface area contributed by atoms with Gasteiger partial charge in [-0.2, -0.15) is 0 Å². The van der Waals surface area contributed by atoms with Gasteiger partial charge in [0.25, 0.3) is 0 Å². The summed E-state index contributed by atoms with van der Waals surface area (Å²) in [4.78, 5) is 0. The first-order valence-electron chi connectivity index (χ1n) is 16.8. The third-order valence-electron chi connectivity index (χ3n) is 8.93. The van der Waals surface area contributed by atoms with Crippen molar-refractivity contribution in [2.45, 2.75) is 85.0 Å². The monoisotopic (exact) mass is 626 g/mol. The van der Waals surface area contributed by atoms with Crippen LogP contribution in [-0.2, 0) is 23.7 Å². The standard InChI is InChI=1S/C43H50N2O2/c1-9-28-23-34(40(46)36(25-28)42(3,4)5)39(35-24-29(10-2)26-37(41(35)47)43(6,7)8)33-27-32(44-30-17-13-11-14-18-30)21-22-38(33)45-31-19-15-12-16-20-31/h11-27,39,44-47H,9-10H2,1-8H3. The van der Waals surface area contributed by atoms with E-state index in [1.54, 1.807) is 0 Å². The Balaban J connectivity index is 1.88. The summed E-state index contributed by atoms with van der Waals surface area (Å²) < 4.78 is 0. The maximum absolute atomic E-state index is 12.3. The molecule has 0 fully saturated rings. The van der Waals surface area contributed by atoms with Gasteiger partial charge in [-0.25, -0.2) is 0 Å². The van der Waals surface area contributed by atoms with Crippen LogP contribution < -0.4 is 10.6 Å². The average molecular weight is 627 g/mol. The molecule has 47 heavy (non-hydrogen) atoms. The lowest BCUT2D eigenvalue weighted by molar-refractivity contribution is 0.431. The minimum Gasteiger partial charge on any atom is -0.507 e. The molecular formula is C43H50N2O2. The topological polar surface area (TPSA) is 64.5 Å². The fraction of sp³-hybridized carbons (Fsp3) is 0.302. The van der Waals surface area contributed by atoms with Crippen LogP contribution in [-0.4, -0.2) is 10.2 Å². The number of benzene rings is 5. The summed E-state index contributed by atoms with van der Waals surface area (Å²) in [5.74, 6) is 0.0507. The summed E-state index contributed by atoms with van der Waals surface area (Å²) in [5.41, 5.74) is 9.77. The highest BCUT2D eigenvalue weighted by molar-refractivity contribution is 5.74. The second-order valence-corrected chi connectivity index (χ2v) is 14.6. The van der Waals surface area contributed by atoms with Crippen LogP contribution in [0.1, 0.15) is 100 Å². The van der Waals surface area contributed by atoms with Crippen molar-refractivity contribution in [3.05, 3.63) is 142 Å². The van der Waals surface area contributed by atoms with E-state index in [4.69, 9.17) is 0 Å². The lowest BCUT2D eigenvalue weighted by atomic mass is 9.75. The van der Waals surface area contributed by atoms with E-state index >= 15 is 0 Å². The predicted octanol–water partition coefficient (Wildman–Crippen LogP) is 11.5. The van der Waals surface area contributed by atoms with Crippen molar-refractivity contribution in [3.8, 4) is 11.5 Å². The van der Waals surface area contributed by atoms with Crippen LogP contribution in [0.25, 0.3) is 0 Å². The highest BCUT2D eigenvalue weighted by atomic mass is 16.3. The Labute approximate surface area is 281 Å². The molecule has 5 rings (SSSR count). The van der Waals surface area contributed by atoms with Crippen molar-refractivity contribution in [1.29, 1.82) is 0 Å². The number of rotatable bonds is 9. The van der Waals surface area contributed by atoms with Gasteiger partial charge in [-0.05, 0) is 94.0 Å². The molecule has 4 nitrogen and oxygen atoms in total. The largest absolute Gasteiger partial charge is 0.507 e. The zero-order valence-electron chi connectivity index (χ0n) is 29.2. The molecule has 0 spiro atoms. The van der Waals surface area contributed by atoms with Crippen LogP contribution in [0.3, 0.4) is 0 Å². The Morgan fingerprint density at radius 2 is 0.957 bits per heavy atom. The summed E-state index contributed by atoms with van der Waals surface area (Å²) in [7, 11) is 0. The molecule has 0 aliphatic heterocycles. The maximum Gasteiger partial charge on any atom is 0.123 e. The molecular weight excluding hydrogens is 576 g/mol. The predicted molar refractivity (Wildman–Crippen MR) is 199 cm³/mol. The summed E-state index contributed by atoms with van der Waals surface area (Å²) in [5, 5.41) is 31.8. The summed E-state index contributed by atoms with van der Waals surface area (Å²) in [6.07, 6.45) is 1.64. The highest BCUT2D eigenvalue weighted by Crippen LogP contribution is 2.49. The lowest BCUT2D eigenvalue weighted by Crippen LogP contribution is -2.17. The first-order valence-corrected chi connectivity index (χ1v) is 16.8. The number of aryl methyl sites for hydroxylation is 2. The Morgan fingerprint density at radius 1 is 0.511 bits per heavy atom. The number of anilines is 4. The number of phenolic OH excluding ortho intramolecular Hbond substituents is 2. The average Bonchev–Trinajstić information content (AvgIpc) is 3.03. The van der Waals surface area contributed by atoms with Gasteiger partial charge in [0.05, 0.1) is 0 Å². The van der Waals surface area contributed by atoms with Gasteiger partial charge in [0, 0.05) is 39.8 Å². The molecule has 0 radical (unpaired) electrons. The molecule has 0 aromatic heterocycles. The fourth-order valence-electron chi connectivity index (χ4n) is 6.29. The second-order valence-electron chi connectivity index (χ2n) is 14.6. The van der Waals surface area contributed by atoms with Crippen molar-refractivity contribution < 1.29 is 10.2 Å². The number of hydrogen-bond acceptors (Lipinski definition) is 4. The van der Waals surface area contributed by atoms with Crippen molar-refractivity contribution in [2.24, 2.45) is 0 Å². The van der Waals surface area contributed by atoms with Crippen LogP contribution in [0.5, 0.6) is 11.5 Å². The second kappa shape index (κ2) is 13.6. The third-order valence-corrected chi connectivity index (χ3v) is 8.93. The van der Waals surface area contributed by atoms with Crippen LogP contribution in [0, 0.1) is 0 Å². The van der Waals surface area contributed by atoms with Gasteiger partial charge in [0.1, 0.15) is 11.5 Å². The number of phenols is 2. The van der Waals surface area contributed by atoms with E-state index in [1.807, 2.05) is 48.5 Å². The molecule has 0 atom stereocenters. The zero-order valence-corrected chi connectivity index (χ0v) is 29.2. The summed E-state index contributed by atoms with van der Waals surface area (Å²) >= 11 is 0. The van der Waals surface area contributed by atoms with Crippen molar-refractivity contribution >= 4 is 22.7 Å². The van der Waals surface area contributed by atoms with E-state index in [-0.39, 0.29) is 22.3 Å². The van der Waals surface area contributed by atoms with Crippen LogP contribution in [0.4, 0.5) is 22.7 Å².